The van der Waals surface area contributed by atoms with E-state index in [0.29, 0.717) is 31.2 Å². The SMILES string of the molecule is CCOC(=O)/C=C(/CN1CCS/C1=N\c1ccc([N+](=O)[O-])cc1C)OCC. The summed E-state index contributed by atoms with van der Waals surface area (Å²) in [5.74, 6) is 0.952. The van der Waals surface area contributed by atoms with E-state index in [1.165, 1.54) is 18.2 Å². The monoisotopic (exact) mass is 393 g/mol. The third-order valence-corrected chi connectivity index (χ3v) is 4.71. The molecule has 27 heavy (non-hydrogen) atoms. The predicted octanol–water partition coefficient (Wildman–Crippen LogP) is 3.42. The molecule has 1 aromatic carbocycles. The van der Waals surface area contributed by atoms with Crippen LogP contribution in [-0.4, -0.2) is 53.0 Å². The number of aryl methyl sites for hydroxylation is 1. The quantitative estimate of drug-likeness (QED) is 0.220. The van der Waals surface area contributed by atoms with Crippen molar-refractivity contribution in [2.45, 2.75) is 20.8 Å². The predicted molar refractivity (Wildman–Crippen MR) is 105 cm³/mol. The number of hydrogen-bond donors (Lipinski definition) is 0. The number of amidine groups is 1. The van der Waals surface area contributed by atoms with E-state index in [4.69, 9.17) is 9.47 Å². The molecule has 0 spiro atoms. The summed E-state index contributed by atoms with van der Waals surface area (Å²) in [6, 6.07) is 4.60. The van der Waals surface area contributed by atoms with Crippen molar-refractivity contribution < 1.29 is 19.2 Å². The number of thioether (sulfide) groups is 1. The van der Waals surface area contributed by atoms with Gasteiger partial charge >= 0.3 is 5.97 Å². The van der Waals surface area contributed by atoms with E-state index in [1.807, 2.05) is 11.8 Å². The molecule has 1 aliphatic rings. The van der Waals surface area contributed by atoms with Gasteiger partial charge in [-0.15, -0.1) is 0 Å². The number of esters is 1. The van der Waals surface area contributed by atoms with Crippen LogP contribution in [0.3, 0.4) is 0 Å². The maximum atomic E-state index is 11.7. The van der Waals surface area contributed by atoms with E-state index in [2.05, 4.69) is 4.99 Å². The van der Waals surface area contributed by atoms with Crippen molar-refractivity contribution in [2.75, 3.05) is 32.1 Å². The lowest BCUT2D eigenvalue weighted by atomic mass is 10.2. The molecule has 1 aliphatic heterocycles. The first-order chi connectivity index (χ1) is 12.9. The van der Waals surface area contributed by atoms with Gasteiger partial charge in [0.05, 0.1) is 36.4 Å². The van der Waals surface area contributed by atoms with Crippen LogP contribution < -0.4 is 0 Å². The summed E-state index contributed by atoms with van der Waals surface area (Å²) in [5.41, 5.74) is 1.46. The molecule has 1 saturated heterocycles. The molecule has 0 aromatic heterocycles. The van der Waals surface area contributed by atoms with E-state index in [-0.39, 0.29) is 5.69 Å². The molecular formula is C18H23N3O5S. The Bertz CT molecular complexity index is 763. The molecule has 0 bridgehead atoms. The van der Waals surface area contributed by atoms with Crippen LogP contribution in [0.4, 0.5) is 11.4 Å². The van der Waals surface area contributed by atoms with E-state index in [0.717, 1.165) is 23.0 Å². The number of non-ortho nitro benzene ring substituents is 1. The van der Waals surface area contributed by atoms with Crippen LogP contribution in [0.25, 0.3) is 0 Å². The van der Waals surface area contributed by atoms with Crippen LogP contribution in [0.5, 0.6) is 0 Å². The van der Waals surface area contributed by atoms with Crippen LogP contribution >= 0.6 is 11.8 Å². The van der Waals surface area contributed by atoms with Crippen LogP contribution in [0, 0.1) is 17.0 Å². The fraction of sp³-hybridized carbons (Fsp3) is 0.444. The summed E-state index contributed by atoms with van der Waals surface area (Å²) in [6.07, 6.45) is 1.37. The molecule has 0 atom stereocenters. The van der Waals surface area contributed by atoms with Crippen molar-refractivity contribution >= 4 is 34.3 Å². The Morgan fingerprint density at radius 3 is 2.74 bits per heavy atom. The average molecular weight is 393 g/mol. The topological polar surface area (TPSA) is 94.3 Å². The first kappa shape index (κ1) is 20.8. The van der Waals surface area contributed by atoms with Gasteiger partial charge in [0.25, 0.3) is 5.69 Å². The molecule has 0 unspecified atom stereocenters. The number of ether oxygens (including phenoxy) is 2. The highest BCUT2D eigenvalue weighted by Crippen LogP contribution is 2.28. The van der Waals surface area contributed by atoms with Gasteiger partial charge in [-0.1, -0.05) is 11.8 Å². The second kappa shape index (κ2) is 9.96. The molecule has 0 radical (unpaired) electrons. The van der Waals surface area contributed by atoms with Gasteiger partial charge < -0.3 is 14.4 Å². The number of nitro benzene ring substituents is 1. The fourth-order valence-electron chi connectivity index (χ4n) is 2.49. The lowest BCUT2D eigenvalue weighted by Crippen LogP contribution is -2.28. The number of carbonyl (C=O) groups excluding carboxylic acids is 1. The summed E-state index contributed by atoms with van der Waals surface area (Å²) in [4.78, 5) is 28.8. The Balaban J connectivity index is 2.19. The first-order valence-electron chi connectivity index (χ1n) is 8.66. The van der Waals surface area contributed by atoms with Crippen LogP contribution in [0.2, 0.25) is 0 Å². The summed E-state index contributed by atoms with van der Waals surface area (Å²) in [7, 11) is 0. The number of aliphatic imine (C=N–C) groups is 1. The minimum atomic E-state index is -0.433. The zero-order valence-electron chi connectivity index (χ0n) is 15.6. The summed E-state index contributed by atoms with van der Waals surface area (Å²) in [6.45, 7) is 7.32. The Morgan fingerprint density at radius 2 is 2.11 bits per heavy atom. The Morgan fingerprint density at radius 1 is 1.37 bits per heavy atom. The molecule has 0 saturated carbocycles. The molecule has 8 nitrogen and oxygen atoms in total. The highest BCUT2D eigenvalue weighted by Gasteiger charge is 2.22. The fourth-order valence-corrected chi connectivity index (χ4v) is 3.48. The molecule has 2 rings (SSSR count). The molecular weight excluding hydrogens is 370 g/mol. The first-order valence-corrected chi connectivity index (χ1v) is 9.64. The summed E-state index contributed by atoms with van der Waals surface area (Å²) in [5, 5.41) is 11.7. The Kier molecular flexibility index (Phi) is 7.66. The van der Waals surface area contributed by atoms with Crippen molar-refractivity contribution in [3.05, 3.63) is 45.7 Å². The normalized spacial score (nSPS) is 15.9. The number of carbonyl (C=O) groups is 1. The number of nitro groups is 1. The largest absolute Gasteiger partial charge is 0.496 e. The Hall–Kier alpha value is -2.55. The minimum absolute atomic E-state index is 0.0448. The van der Waals surface area contributed by atoms with Crippen molar-refractivity contribution in [1.29, 1.82) is 0 Å². The maximum absolute atomic E-state index is 11.7. The highest BCUT2D eigenvalue weighted by molar-refractivity contribution is 8.14. The van der Waals surface area contributed by atoms with Crippen LogP contribution in [0.15, 0.2) is 35.0 Å². The molecule has 1 aromatic rings. The zero-order chi connectivity index (χ0) is 19.8. The van der Waals surface area contributed by atoms with E-state index in [9.17, 15) is 14.9 Å². The molecule has 146 valence electrons. The molecule has 9 heteroatoms. The van der Waals surface area contributed by atoms with E-state index in [1.54, 1.807) is 31.7 Å². The lowest BCUT2D eigenvalue weighted by Gasteiger charge is -2.20. The highest BCUT2D eigenvalue weighted by atomic mass is 32.2. The molecule has 0 N–H and O–H groups in total. The van der Waals surface area contributed by atoms with Gasteiger partial charge in [-0.2, -0.15) is 0 Å². The second-order valence-electron chi connectivity index (χ2n) is 5.69. The van der Waals surface area contributed by atoms with Gasteiger partial charge in [0.1, 0.15) is 5.76 Å². The average Bonchev–Trinajstić information content (AvgIpc) is 3.03. The number of benzene rings is 1. The van der Waals surface area contributed by atoms with Crippen LogP contribution in [0.1, 0.15) is 19.4 Å². The summed E-state index contributed by atoms with van der Waals surface area (Å²) < 4.78 is 10.5. The van der Waals surface area contributed by atoms with Crippen LogP contribution in [-0.2, 0) is 14.3 Å². The lowest BCUT2D eigenvalue weighted by molar-refractivity contribution is -0.384. The zero-order valence-corrected chi connectivity index (χ0v) is 16.5. The van der Waals surface area contributed by atoms with Gasteiger partial charge in [-0.05, 0) is 32.4 Å². The number of hydrogen-bond acceptors (Lipinski definition) is 7. The van der Waals surface area contributed by atoms with Gasteiger partial charge in [-0.3, -0.25) is 10.1 Å². The minimum Gasteiger partial charge on any atom is -0.496 e. The van der Waals surface area contributed by atoms with Gasteiger partial charge in [0.2, 0.25) is 0 Å². The van der Waals surface area contributed by atoms with Gasteiger partial charge in [0, 0.05) is 24.4 Å². The van der Waals surface area contributed by atoms with Crippen molar-refractivity contribution in [3.8, 4) is 0 Å². The van der Waals surface area contributed by atoms with Gasteiger partial charge in [0.15, 0.2) is 5.17 Å². The smallest absolute Gasteiger partial charge is 0.334 e. The molecule has 1 heterocycles. The summed E-state index contributed by atoms with van der Waals surface area (Å²) >= 11 is 1.60. The molecule has 0 aliphatic carbocycles. The second-order valence-corrected chi connectivity index (χ2v) is 6.75. The number of rotatable bonds is 8. The molecule has 1 fully saturated rings. The standard InChI is InChI=1S/C18H23N3O5S/c1-4-25-15(11-17(22)26-5-2)12-20-8-9-27-18(20)19-16-7-6-14(21(23)24)10-13(16)3/h6-7,10-11H,4-5,8-9,12H2,1-3H3/b15-11-,19-18-. The van der Waals surface area contributed by atoms with Crippen molar-refractivity contribution in [2.24, 2.45) is 4.99 Å². The van der Waals surface area contributed by atoms with E-state index < -0.39 is 10.9 Å². The number of nitrogens with zero attached hydrogens (tertiary/aromatic N) is 3. The Labute approximate surface area is 162 Å². The van der Waals surface area contributed by atoms with Crippen molar-refractivity contribution in [3.63, 3.8) is 0 Å². The third kappa shape index (κ3) is 5.99. The third-order valence-electron chi connectivity index (χ3n) is 3.71. The van der Waals surface area contributed by atoms with E-state index >= 15 is 0 Å². The van der Waals surface area contributed by atoms with Crippen molar-refractivity contribution in [1.82, 2.24) is 4.90 Å². The maximum Gasteiger partial charge on any atom is 0.334 e. The molecule has 0 amide bonds. The van der Waals surface area contributed by atoms with Gasteiger partial charge in [-0.25, -0.2) is 9.79 Å².